The molecule has 0 atom stereocenters. The van der Waals surface area contributed by atoms with Gasteiger partial charge < -0.3 is 18.9 Å². The van der Waals surface area contributed by atoms with Gasteiger partial charge in [0.05, 0.1) is 31.3 Å². The van der Waals surface area contributed by atoms with Gasteiger partial charge in [-0.1, -0.05) is 0 Å². The number of nitro groups is 1. The lowest BCUT2D eigenvalue weighted by Crippen LogP contribution is -2.43. The van der Waals surface area contributed by atoms with Crippen molar-refractivity contribution < 1.29 is 33.5 Å². The molecular formula is C19H28N2O8. The minimum absolute atomic E-state index is 0.126. The third-order valence-corrected chi connectivity index (χ3v) is 3.36. The van der Waals surface area contributed by atoms with Crippen molar-refractivity contribution >= 4 is 17.9 Å². The molecule has 0 bridgehead atoms. The van der Waals surface area contributed by atoms with Gasteiger partial charge in [0, 0.05) is 6.07 Å². The molecule has 0 unspecified atom stereocenters. The summed E-state index contributed by atoms with van der Waals surface area (Å²) in [6.07, 6.45) is -1.94. The Kier molecular flexibility index (Phi) is 7.43. The molecule has 1 aromatic carbocycles. The summed E-state index contributed by atoms with van der Waals surface area (Å²) in [7, 11) is 2.60. The molecule has 29 heavy (non-hydrogen) atoms. The highest BCUT2D eigenvalue weighted by atomic mass is 16.6. The van der Waals surface area contributed by atoms with Crippen LogP contribution < -0.4 is 9.47 Å². The van der Waals surface area contributed by atoms with E-state index in [0.717, 1.165) is 0 Å². The highest BCUT2D eigenvalue weighted by Crippen LogP contribution is 2.38. The largest absolute Gasteiger partial charge is 0.496 e. The lowest BCUT2D eigenvalue weighted by Gasteiger charge is -2.29. The standard InChI is InChI=1S/C19H28N2O8/c1-18(2,3)28-16(22)20(17(23)29-19(4,5)6)11-12-14(26-7)10-9-13(21(24)25)15(12)27-8/h9-10H,11H2,1-8H3. The molecule has 2 amide bonds. The zero-order valence-corrected chi connectivity index (χ0v) is 18.0. The predicted molar refractivity (Wildman–Crippen MR) is 104 cm³/mol. The maximum Gasteiger partial charge on any atom is 0.420 e. The van der Waals surface area contributed by atoms with E-state index in [1.165, 1.54) is 26.4 Å². The van der Waals surface area contributed by atoms with Crippen molar-refractivity contribution in [2.45, 2.75) is 59.3 Å². The molecule has 0 aromatic heterocycles. The third kappa shape index (κ3) is 6.81. The number of amides is 2. The van der Waals surface area contributed by atoms with Crippen LogP contribution in [0.3, 0.4) is 0 Å². The fourth-order valence-electron chi connectivity index (χ4n) is 2.31. The molecule has 0 saturated carbocycles. The topological polar surface area (TPSA) is 117 Å². The van der Waals surface area contributed by atoms with E-state index in [4.69, 9.17) is 18.9 Å². The highest BCUT2D eigenvalue weighted by Gasteiger charge is 2.34. The van der Waals surface area contributed by atoms with Crippen molar-refractivity contribution in [3.8, 4) is 11.5 Å². The van der Waals surface area contributed by atoms with Crippen molar-refractivity contribution in [2.24, 2.45) is 0 Å². The number of nitro benzene ring substituents is 1. The van der Waals surface area contributed by atoms with Crippen LogP contribution in [0.5, 0.6) is 11.5 Å². The fourth-order valence-corrected chi connectivity index (χ4v) is 2.31. The molecule has 0 N–H and O–H groups in total. The van der Waals surface area contributed by atoms with E-state index in [9.17, 15) is 19.7 Å². The summed E-state index contributed by atoms with van der Waals surface area (Å²) in [5, 5.41) is 11.3. The second-order valence-electron chi connectivity index (χ2n) is 8.10. The Morgan fingerprint density at radius 1 is 0.966 bits per heavy atom. The minimum atomic E-state index is -0.970. The Balaban J connectivity index is 3.48. The number of hydrogen-bond donors (Lipinski definition) is 0. The Labute approximate surface area is 169 Å². The maximum atomic E-state index is 12.7. The number of benzene rings is 1. The first kappa shape index (κ1) is 24.0. The second-order valence-corrected chi connectivity index (χ2v) is 8.10. The second kappa shape index (κ2) is 8.97. The molecule has 0 aliphatic carbocycles. The predicted octanol–water partition coefficient (Wildman–Crippen LogP) is 4.28. The lowest BCUT2D eigenvalue weighted by molar-refractivity contribution is -0.385. The van der Waals surface area contributed by atoms with E-state index in [1.807, 2.05) is 0 Å². The van der Waals surface area contributed by atoms with E-state index in [0.29, 0.717) is 4.90 Å². The highest BCUT2D eigenvalue weighted by molar-refractivity contribution is 5.88. The van der Waals surface area contributed by atoms with E-state index in [-0.39, 0.29) is 22.7 Å². The van der Waals surface area contributed by atoms with E-state index in [2.05, 4.69) is 0 Å². The third-order valence-electron chi connectivity index (χ3n) is 3.36. The number of methoxy groups -OCH3 is 2. The van der Waals surface area contributed by atoms with E-state index >= 15 is 0 Å². The van der Waals surface area contributed by atoms with Crippen LogP contribution in [0.4, 0.5) is 15.3 Å². The number of ether oxygens (including phenoxy) is 4. The smallest absolute Gasteiger partial charge is 0.420 e. The summed E-state index contributed by atoms with van der Waals surface area (Å²) in [6, 6.07) is 2.57. The van der Waals surface area contributed by atoms with Gasteiger partial charge in [0.25, 0.3) is 0 Å². The van der Waals surface area contributed by atoms with Gasteiger partial charge in [-0.15, -0.1) is 0 Å². The molecule has 0 heterocycles. The molecule has 0 aliphatic heterocycles. The SMILES string of the molecule is COc1ccc([N+](=O)[O-])c(OC)c1CN(C(=O)OC(C)(C)C)C(=O)OC(C)(C)C. The van der Waals surface area contributed by atoms with Crippen LogP contribution in [0, 0.1) is 10.1 Å². The molecule has 0 saturated heterocycles. The van der Waals surface area contributed by atoms with Gasteiger partial charge >= 0.3 is 17.9 Å². The molecule has 1 aromatic rings. The van der Waals surface area contributed by atoms with Gasteiger partial charge in [0.2, 0.25) is 5.75 Å². The van der Waals surface area contributed by atoms with Crippen LogP contribution in [-0.4, -0.2) is 47.4 Å². The van der Waals surface area contributed by atoms with Crippen LogP contribution in [0.25, 0.3) is 0 Å². The van der Waals surface area contributed by atoms with Gasteiger partial charge in [-0.05, 0) is 47.6 Å². The van der Waals surface area contributed by atoms with Crippen LogP contribution in [0.15, 0.2) is 12.1 Å². The molecule has 1 rings (SSSR count). The molecule has 0 spiro atoms. The Morgan fingerprint density at radius 2 is 1.45 bits per heavy atom. The molecule has 0 radical (unpaired) electrons. The van der Waals surface area contributed by atoms with Crippen LogP contribution in [0.1, 0.15) is 47.1 Å². The summed E-state index contributed by atoms with van der Waals surface area (Å²) >= 11 is 0. The van der Waals surface area contributed by atoms with Crippen LogP contribution in [-0.2, 0) is 16.0 Å². The average Bonchev–Trinajstić information content (AvgIpc) is 2.55. The zero-order valence-electron chi connectivity index (χ0n) is 18.0. The van der Waals surface area contributed by atoms with Gasteiger partial charge in [0.1, 0.15) is 17.0 Å². The van der Waals surface area contributed by atoms with Crippen molar-refractivity contribution in [2.75, 3.05) is 14.2 Å². The van der Waals surface area contributed by atoms with Crippen molar-refractivity contribution in [1.82, 2.24) is 4.90 Å². The molecule has 0 fully saturated rings. The van der Waals surface area contributed by atoms with Crippen LogP contribution >= 0.6 is 0 Å². The average molecular weight is 412 g/mol. The number of carbonyl (C=O) groups excluding carboxylic acids is 2. The molecular weight excluding hydrogens is 384 g/mol. The first-order valence-corrected chi connectivity index (χ1v) is 8.82. The van der Waals surface area contributed by atoms with E-state index in [1.54, 1.807) is 41.5 Å². The fraction of sp³-hybridized carbons (Fsp3) is 0.579. The van der Waals surface area contributed by atoms with Gasteiger partial charge in [-0.25, -0.2) is 14.5 Å². The molecule has 162 valence electrons. The monoisotopic (exact) mass is 412 g/mol. The number of hydrogen-bond acceptors (Lipinski definition) is 8. The molecule has 10 nitrogen and oxygen atoms in total. The summed E-state index contributed by atoms with van der Waals surface area (Å²) in [5.41, 5.74) is -1.97. The zero-order chi connectivity index (χ0) is 22.6. The quantitative estimate of drug-likeness (QED) is 0.519. The molecule has 0 aliphatic rings. The summed E-state index contributed by atoms with van der Waals surface area (Å²) in [6.45, 7) is 9.45. The van der Waals surface area contributed by atoms with Crippen LogP contribution in [0.2, 0.25) is 0 Å². The Bertz CT molecular complexity index is 750. The van der Waals surface area contributed by atoms with Crippen molar-refractivity contribution in [1.29, 1.82) is 0 Å². The molecule has 10 heteroatoms. The van der Waals surface area contributed by atoms with Gasteiger partial charge in [0.15, 0.2) is 0 Å². The summed E-state index contributed by atoms with van der Waals surface area (Å²) in [5.74, 6) is 0.0658. The van der Waals surface area contributed by atoms with Crippen molar-refractivity contribution in [3.05, 3.63) is 27.8 Å². The van der Waals surface area contributed by atoms with Crippen molar-refractivity contribution in [3.63, 3.8) is 0 Å². The van der Waals surface area contributed by atoms with Gasteiger partial charge in [-0.2, -0.15) is 0 Å². The lowest BCUT2D eigenvalue weighted by atomic mass is 10.1. The first-order valence-electron chi connectivity index (χ1n) is 8.82. The number of nitrogens with zero attached hydrogens (tertiary/aromatic N) is 2. The number of imide groups is 1. The Morgan fingerprint density at radius 3 is 1.79 bits per heavy atom. The Hall–Kier alpha value is -3.04. The van der Waals surface area contributed by atoms with E-state index < -0.39 is 34.9 Å². The summed E-state index contributed by atoms with van der Waals surface area (Å²) in [4.78, 5) is 36.8. The normalized spacial score (nSPS) is 11.4. The maximum absolute atomic E-state index is 12.7. The number of rotatable bonds is 5. The van der Waals surface area contributed by atoms with Gasteiger partial charge in [-0.3, -0.25) is 10.1 Å². The first-order chi connectivity index (χ1) is 13.2. The minimum Gasteiger partial charge on any atom is -0.496 e. The number of carbonyl (C=O) groups is 2. The summed E-state index contributed by atoms with van der Waals surface area (Å²) < 4.78 is 21.0.